The first-order valence-electron chi connectivity index (χ1n) is 6.67. The van der Waals surface area contributed by atoms with Crippen LogP contribution in [-0.4, -0.2) is 0 Å². The lowest BCUT2D eigenvalue weighted by molar-refractivity contribution is 0.483. The molecular formula is C15H19BrClF. The third-order valence-corrected chi connectivity index (χ3v) is 5.20. The molecule has 0 amide bonds. The van der Waals surface area contributed by atoms with E-state index in [0.717, 1.165) is 17.9 Å². The fourth-order valence-electron chi connectivity index (χ4n) is 2.76. The highest BCUT2D eigenvalue weighted by Gasteiger charge is 2.19. The topological polar surface area (TPSA) is 0 Å². The maximum absolute atomic E-state index is 13.4. The SMILES string of the molecule is Cc1cc(C(Br)CCC2CCCC2)c(Cl)cc1F. The fourth-order valence-corrected chi connectivity index (χ4v) is 3.81. The quantitative estimate of drug-likeness (QED) is 0.576. The zero-order chi connectivity index (χ0) is 13.1. The van der Waals surface area contributed by atoms with Crippen molar-refractivity contribution in [3.05, 3.63) is 34.1 Å². The highest BCUT2D eigenvalue weighted by atomic mass is 79.9. The van der Waals surface area contributed by atoms with Gasteiger partial charge in [0.15, 0.2) is 0 Å². The monoisotopic (exact) mass is 332 g/mol. The zero-order valence-electron chi connectivity index (χ0n) is 10.7. The maximum atomic E-state index is 13.4. The summed E-state index contributed by atoms with van der Waals surface area (Å²) in [4.78, 5) is 0.241. The second-order valence-electron chi connectivity index (χ2n) is 5.32. The van der Waals surface area contributed by atoms with Crippen molar-refractivity contribution in [2.24, 2.45) is 5.92 Å². The Morgan fingerprint density at radius 3 is 2.72 bits per heavy atom. The van der Waals surface area contributed by atoms with Gasteiger partial charge in [-0.3, -0.25) is 0 Å². The largest absolute Gasteiger partial charge is 0.207 e. The summed E-state index contributed by atoms with van der Waals surface area (Å²) in [6, 6.07) is 3.29. The molecule has 3 heteroatoms. The number of benzene rings is 1. The Labute approximate surface area is 122 Å². The Hall–Kier alpha value is -0.0800. The summed E-state index contributed by atoms with van der Waals surface area (Å²) in [6.07, 6.45) is 7.83. The summed E-state index contributed by atoms with van der Waals surface area (Å²) < 4.78 is 13.4. The van der Waals surface area contributed by atoms with Crippen LogP contribution < -0.4 is 0 Å². The molecule has 0 aromatic heterocycles. The first-order valence-corrected chi connectivity index (χ1v) is 7.97. The van der Waals surface area contributed by atoms with Crippen LogP contribution in [0.25, 0.3) is 0 Å². The van der Waals surface area contributed by atoms with Gasteiger partial charge < -0.3 is 0 Å². The van der Waals surface area contributed by atoms with E-state index < -0.39 is 0 Å². The van der Waals surface area contributed by atoms with Crippen LogP contribution in [0.3, 0.4) is 0 Å². The minimum atomic E-state index is -0.223. The molecule has 0 radical (unpaired) electrons. The van der Waals surface area contributed by atoms with E-state index >= 15 is 0 Å². The summed E-state index contributed by atoms with van der Waals surface area (Å²) in [5.74, 6) is 0.657. The van der Waals surface area contributed by atoms with Gasteiger partial charge in [0.05, 0.1) is 0 Å². The molecule has 0 spiro atoms. The molecule has 2 rings (SSSR count). The van der Waals surface area contributed by atoms with Gasteiger partial charge in [-0.25, -0.2) is 4.39 Å². The molecule has 0 aliphatic heterocycles. The van der Waals surface area contributed by atoms with Gasteiger partial charge in [0, 0.05) is 9.85 Å². The molecule has 0 N–H and O–H groups in total. The van der Waals surface area contributed by atoms with E-state index in [-0.39, 0.29) is 10.6 Å². The van der Waals surface area contributed by atoms with E-state index in [1.54, 1.807) is 6.92 Å². The Bertz CT molecular complexity index is 413. The summed E-state index contributed by atoms with van der Waals surface area (Å²) in [5, 5.41) is 0.534. The molecule has 1 aromatic rings. The molecule has 1 aromatic carbocycles. The van der Waals surface area contributed by atoms with Crippen LogP contribution in [0.2, 0.25) is 5.02 Å². The summed E-state index contributed by atoms with van der Waals surface area (Å²) in [7, 11) is 0. The van der Waals surface area contributed by atoms with Crippen molar-refractivity contribution < 1.29 is 4.39 Å². The fraction of sp³-hybridized carbons (Fsp3) is 0.600. The van der Waals surface area contributed by atoms with E-state index in [4.69, 9.17) is 11.6 Å². The third-order valence-electron chi connectivity index (χ3n) is 3.92. The molecule has 0 heterocycles. The van der Waals surface area contributed by atoms with Gasteiger partial charge >= 0.3 is 0 Å². The van der Waals surface area contributed by atoms with E-state index in [9.17, 15) is 4.39 Å². The lowest BCUT2D eigenvalue weighted by Crippen LogP contribution is -1.99. The Balaban J connectivity index is 1.99. The summed E-state index contributed by atoms with van der Waals surface area (Å²) in [6.45, 7) is 1.78. The predicted molar refractivity (Wildman–Crippen MR) is 79.0 cm³/mol. The highest BCUT2D eigenvalue weighted by Crippen LogP contribution is 2.38. The predicted octanol–water partition coefficient (Wildman–Crippen LogP) is 6.19. The molecule has 0 saturated heterocycles. The molecule has 1 aliphatic carbocycles. The van der Waals surface area contributed by atoms with E-state index in [1.807, 2.05) is 6.07 Å². The first kappa shape index (κ1) is 14.3. The minimum absolute atomic E-state index is 0.223. The van der Waals surface area contributed by atoms with Crippen molar-refractivity contribution in [1.82, 2.24) is 0 Å². The van der Waals surface area contributed by atoms with E-state index in [2.05, 4.69) is 15.9 Å². The van der Waals surface area contributed by atoms with Gasteiger partial charge in [0.2, 0.25) is 0 Å². The lowest BCUT2D eigenvalue weighted by atomic mass is 9.97. The van der Waals surface area contributed by atoms with Crippen molar-refractivity contribution in [2.75, 3.05) is 0 Å². The Kier molecular flexibility index (Phi) is 5.08. The smallest absolute Gasteiger partial charge is 0.127 e. The number of rotatable bonds is 4. The van der Waals surface area contributed by atoms with Crippen LogP contribution in [0.1, 0.15) is 54.5 Å². The third kappa shape index (κ3) is 3.48. The van der Waals surface area contributed by atoms with E-state index in [0.29, 0.717) is 10.6 Å². The van der Waals surface area contributed by atoms with Gasteiger partial charge in [0.1, 0.15) is 5.82 Å². The van der Waals surface area contributed by atoms with Gasteiger partial charge in [0.25, 0.3) is 0 Å². The summed E-state index contributed by atoms with van der Waals surface area (Å²) >= 11 is 9.82. The highest BCUT2D eigenvalue weighted by molar-refractivity contribution is 9.09. The first-order chi connectivity index (χ1) is 8.58. The van der Waals surface area contributed by atoms with Crippen molar-refractivity contribution in [2.45, 2.75) is 50.3 Å². The Morgan fingerprint density at radius 1 is 1.39 bits per heavy atom. The zero-order valence-corrected chi connectivity index (χ0v) is 13.0. The lowest BCUT2D eigenvalue weighted by Gasteiger charge is -2.15. The molecule has 100 valence electrons. The van der Waals surface area contributed by atoms with Gasteiger partial charge in [-0.15, -0.1) is 0 Å². The van der Waals surface area contributed by atoms with E-state index in [1.165, 1.54) is 38.2 Å². The standard InChI is InChI=1S/C15H19BrClF/c1-10-8-12(14(17)9-15(10)18)13(16)7-6-11-4-2-3-5-11/h8-9,11,13H,2-7H2,1H3. The molecule has 1 aliphatic rings. The minimum Gasteiger partial charge on any atom is -0.207 e. The molecule has 1 atom stereocenters. The van der Waals surface area contributed by atoms with Crippen molar-refractivity contribution in [3.63, 3.8) is 0 Å². The second kappa shape index (κ2) is 6.38. The van der Waals surface area contributed by atoms with Gasteiger partial charge in [-0.2, -0.15) is 0 Å². The second-order valence-corrected chi connectivity index (χ2v) is 6.83. The van der Waals surface area contributed by atoms with Gasteiger partial charge in [-0.1, -0.05) is 59.3 Å². The van der Waals surface area contributed by atoms with Gasteiger partial charge in [-0.05, 0) is 42.9 Å². The normalized spacial score (nSPS) is 18.2. The molecule has 1 unspecified atom stereocenters. The maximum Gasteiger partial charge on any atom is 0.127 e. The van der Waals surface area contributed by atoms with Crippen molar-refractivity contribution >= 4 is 27.5 Å². The molecule has 0 nitrogen and oxygen atoms in total. The van der Waals surface area contributed by atoms with Crippen LogP contribution >= 0.6 is 27.5 Å². The molecule has 1 saturated carbocycles. The summed E-state index contributed by atoms with van der Waals surface area (Å²) in [5.41, 5.74) is 1.69. The number of aryl methyl sites for hydroxylation is 1. The van der Waals surface area contributed by atoms with Crippen molar-refractivity contribution in [3.8, 4) is 0 Å². The van der Waals surface area contributed by atoms with Crippen LogP contribution in [0.5, 0.6) is 0 Å². The molecule has 1 fully saturated rings. The number of halogens is 3. The molecule has 18 heavy (non-hydrogen) atoms. The van der Waals surface area contributed by atoms with Crippen LogP contribution in [-0.2, 0) is 0 Å². The number of hydrogen-bond acceptors (Lipinski definition) is 0. The molecule has 0 bridgehead atoms. The molecular weight excluding hydrogens is 315 g/mol. The van der Waals surface area contributed by atoms with Crippen LogP contribution in [0.4, 0.5) is 4.39 Å². The number of hydrogen-bond donors (Lipinski definition) is 0. The van der Waals surface area contributed by atoms with Crippen molar-refractivity contribution in [1.29, 1.82) is 0 Å². The number of alkyl halides is 1. The van der Waals surface area contributed by atoms with Crippen LogP contribution in [0.15, 0.2) is 12.1 Å². The van der Waals surface area contributed by atoms with Crippen LogP contribution in [0, 0.1) is 18.7 Å². The average molecular weight is 334 g/mol. The average Bonchev–Trinajstić information content (AvgIpc) is 2.84. The Morgan fingerprint density at radius 2 is 2.06 bits per heavy atom.